The summed E-state index contributed by atoms with van der Waals surface area (Å²) in [6, 6.07) is 0. The van der Waals surface area contributed by atoms with Gasteiger partial charge in [-0.1, -0.05) is 13.8 Å². The monoisotopic (exact) mass is 301 g/mol. The van der Waals surface area contributed by atoms with Crippen molar-refractivity contribution in [2.45, 2.75) is 52.4 Å². The molecule has 0 aromatic heterocycles. The predicted molar refractivity (Wildman–Crippen MR) is 85.1 cm³/mol. The van der Waals surface area contributed by atoms with E-state index in [0.717, 1.165) is 38.6 Å². The van der Waals surface area contributed by atoms with E-state index in [-0.39, 0.29) is 16.6 Å². The van der Waals surface area contributed by atoms with E-state index in [2.05, 4.69) is 25.8 Å². The lowest BCUT2D eigenvalue weighted by Gasteiger charge is -2.59. The summed E-state index contributed by atoms with van der Waals surface area (Å²) in [5.41, 5.74) is 1.33. The Hall–Kier alpha value is -1.12. The Kier molecular flexibility index (Phi) is 2.93. The molecule has 22 heavy (non-hydrogen) atoms. The molecule has 0 radical (unpaired) electrons. The maximum atomic E-state index is 12.4. The second-order valence-corrected chi connectivity index (χ2v) is 8.59. The summed E-state index contributed by atoms with van der Waals surface area (Å²) < 4.78 is 0. The number of allylic oxidation sites excluding steroid dienone is 2. The number of ketones is 2. The highest BCUT2D eigenvalue weighted by Crippen LogP contribution is 2.62. The number of nitrogens with zero attached hydrogens (tertiary/aromatic N) is 1. The quantitative estimate of drug-likeness (QED) is 0.689. The van der Waals surface area contributed by atoms with Crippen LogP contribution in [0.3, 0.4) is 0 Å². The summed E-state index contributed by atoms with van der Waals surface area (Å²) in [5.74, 6) is 2.60. The molecule has 3 nitrogen and oxygen atoms in total. The van der Waals surface area contributed by atoms with Crippen LogP contribution in [0, 0.1) is 28.6 Å². The summed E-state index contributed by atoms with van der Waals surface area (Å²) in [6.07, 6.45) is 7.66. The van der Waals surface area contributed by atoms with Gasteiger partial charge in [-0.3, -0.25) is 9.59 Å². The largest absolute Gasteiger partial charge is 0.377 e. The van der Waals surface area contributed by atoms with Gasteiger partial charge in [-0.2, -0.15) is 0 Å². The van der Waals surface area contributed by atoms with Crippen molar-refractivity contribution in [2.24, 2.45) is 28.6 Å². The lowest BCUT2D eigenvalue weighted by molar-refractivity contribution is -0.134. The molecule has 4 aliphatic rings. The molecule has 0 unspecified atom stereocenters. The zero-order chi connectivity index (χ0) is 15.7. The van der Waals surface area contributed by atoms with Crippen molar-refractivity contribution < 1.29 is 9.59 Å². The van der Waals surface area contributed by atoms with Crippen molar-refractivity contribution in [3.63, 3.8) is 0 Å². The van der Waals surface area contributed by atoms with Crippen molar-refractivity contribution in [1.82, 2.24) is 4.90 Å². The lowest BCUT2D eigenvalue weighted by Crippen LogP contribution is -2.57. The van der Waals surface area contributed by atoms with Crippen molar-refractivity contribution >= 4 is 11.6 Å². The molecule has 3 aliphatic carbocycles. The SMILES string of the molecule is CN1C[C@@H]2[C@@H](CC[C@]3(C)C(=O)CC[C@@H]23)[C@@]2(C)CCC(=O)C=C12. The molecular formula is C19H27NO2. The second-order valence-electron chi connectivity index (χ2n) is 8.59. The third-order valence-electron chi connectivity index (χ3n) is 7.63. The van der Waals surface area contributed by atoms with Crippen LogP contribution in [0.4, 0.5) is 0 Å². The highest BCUT2D eigenvalue weighted by molar-refractivity contribution is 5.91. The molecule has 0 N–H and O–H groups in total. The Morgan fingerprint density at radius 3 is 2.55 bits per heavy atom. The van der Waals surface area contributed by atoms with Gasteiger partial charge in [0.15, 0.2) is 5.78 Å². The Balaban J connectivity index is 1.74. The fraction of sp³-hybridized carbons (Fsp3) is 0.789. The van der Waals surface area contributed by atoms with Gasteiger partial charge in [0.05, 0.1) is 0 Å². The highest BCUT2D eigenvalue weighted by atomic mass is 16.1. The Labute approximate surface area is 133 Å². The van der Waals surface area contributed by atoms with Gasteiger partial charge in [-0.15, -0.1) is 0 Å². The number of likely N-dealkylation sites (tertiary alicyclic amines) is 1. The zero-order valence-electron chi connectivity index (χ0n) is 14.0. The molecule has 1 saturated heterocycles. The molecule has 120 valence electrons. The molecule has 0 bridgehead atoms. The number of piperidine rings is 1. The first-order valence-electron chi connectivity index (χ1n) is 8.86. The van der Waals surface area contributed by atoms with Gasteiger partial charge in [-0.05, 0) is 43.4 Å². The summed E-state index contributed by atoms with van der Waals surface area (Å²) >= 11 is 0. The normalized spacial score (nSPS) is 47.7. The van der Waals surface area contributed by atoms with Gasteiger partial charge in [0.1, 0.15) is 5.78 Å². The molecule has 0 spiro atoms. The first-order valence-corrected chi connectivity index (χ1v) is 8.86. The van der Waals surface area contributed by atoms with Crippen LogP contribution in [0.25, 0.3) is 0 Å². The Morgan fingerprint density at radius 1 is 1.05 bits per heavy atom. The molecule has 2 saturated carbocycles. The molecular weight excluding hydrogens is 274 g/mol. The molecule has 1 heterocycles. The lowest BCUT2D eigenvalue weighted by atomic mass is 9.50. The van der Waals surface area contributed by atoms with Gasteiger partial charge in [0.25, 0.3) is 0 Å². The van der Waals surface area contributed by atoms with Crippen LogP contribution in [0.1, 0.15) is 52.4 Å². The van der Waals surface area contributed by atoms with Gasteiger partial charge < -0.3 is 4.90 Å². The summed E-state index contributed by atoms with van der Waals surface area (Å²) in [5, 5.41) is 0. The third-order valence-corrected chi connectivity index (χ3v) is 7.63. The molecule has 5 atom stereocenters. The molecule has 3 fully saturated rings. The first kappa shape index (κ1) is 14.5. The summed E-state index contributed by atoms with van der Waals surface area (Å²) in [4.78, 5) is 26.6. The second kappa shape index (κ2) is 4.46. The molecule has 1 aliphatic heterocycles. The van der Waals surface area contributed by atoms with E-state index in [9.17, 15) is 9.59 Å². The van der Waals surface area contributed by atoms with E-state index in [0.29, 0.717) is 30.0 Å². The minimum atomic E-state index is -0.0654. The third kappa shape index (κ3) is 1.68. The fourth-order valence-electron chi connectivity index (χ4n) is 6.34. The molecule has 4 rings (SSSR count). The fourth-order valence-corrected chi connectivity index (χ4v) is 6.34. The highest BCUT2D eigenvalue weighted by Gasteiger charge is 2.59. The molecule has 0 aromatic carbocycles. The number of carbonyl (C=O) groups is 2. The van der Waals surface area contributed by atoms with Crippen molar-refractivity contribution in [1.29, 1.82) is 0 Å². The van der Waals surface area contributed by atoms with Crippen molar-refractivity contribution in [3.05, 3.63) is 11.8 Å². The maximum Gasteiger partial charge on any atom is 0.157 e. The topological polar surface area (TPSA) is 37.4 Å². The van der Waals surface area contributed by atoms with Crippen LogP contribution in [-0.2, 0) is 9.59 Å². The van der Waals surface area contributed by atoms with E-state index >= 15 is 0 Å². The zero-order valence-corrected chi connectivity index (χ0v) is 14.0. The van der Waals surface area contributed by atoms with Crippen molar-refractivity contribution in [3.8, 4) is 0 Å². The smallest absolute Gasteiger partial charge is 0.157 e. The van der Waals surface area contributed by atoms with Gasteiger partial charge in [0.2, 0.25) is 0 Å². The van der Waals surface area contributed by atoms with Gasteiger partial charge in [-0.25, -0.2) is 0 Å². The minimum Gasteiger partial charge on any atom is -0.377 e. The van der Waals surface area contributed by atoms with Crippen LogP contribution in [0.15, 0.2) is 11.8 Å². The average Bonchev–Trinajstić information content (AvgIpc) is 2.77. The Morgan fingerprint density at radius 2 is 1.77 bits per heavy atom. The van der Waals surface area contributed by atoms with Crippen LogP contribution in [-0.4, -0.2) is 30.1 Å². The standard InChI is InChI=1S/C19H27NO2/c1-18-8-6-12(21)10-16(18)20(3)11-13-14-4-5-17(22)19(14,2)9-7-15(13)18/h10,13-15H,4-9,11H2,1-3H3/t13-,14-,15+,18+,19-/m0/s1. The van der Waals surface area contributed by atoms with Gasteiger partial charge >= 0.3 is 0 Å². The molecule has 3 heteroatoms. The molecule has 0 aromatic rings. The number of hydrogen-bond donors (Lipinski definition) is 0. The van der Waals surface area contributed by atoms with E-state index in [1.165, 1.54) is 5.70 Å². The van der Waals surface area contributed by atoms with Crippen molar-refractivity contribution in [2.75, 3.05) is 13.6 Å². The predicted octanol–water partition coefficient (Wildman–Crippen LogP) is 3.20. The van der Waals surface area contributed by atoms with E-state index in [1.807, 2.05) is 6.08 Å². The first-order chi connectivity index (χ1) is 10.4. The minimum absolute atomic E-state index is 0.0654. The van der Waals surface area contributed by atoms with Crippen LogP contribution < -0.4 is 0 Å². The number of carbonyl (C=O) groups excluding carboxylic acids is 2. The number of fused-ring (bicyclic) bond motifs is 5. The van der Waals surface area contributed by atoms with E-state index in [4.69, 9.17) is 0 Å². The summed E-state index contributed by atoms with van der Waals surface area (Å²) in [7, 11) is 2.14. The van der Waals surface area contributed by atoms with Gasteiger partial charge in [0, 0.05) is 49.0 Å². The van der Waals surface area contributed by atoms with Crippen LogP contribution >= 0.6 is 0 Å². The number of Topliss-reactive ketones (excluding diaryl/α,β-unsaturated/α-hetero) is 1. The number of rotatable bonds is 0. The van der Waals surface area contributed by atoms with E-state index in [1.54, 1.807) is 0 Å². The Bertz CT molecular complexity index is 580. The summed E-state index contributed by atoms with van der Waals surface area (Å²) in [6.45, 7) is 5.62. The van der Waals surface area contributed by atoms with E-state index < -0.39 is 0 Å². The number of hydrogen-bond acceptors (Lipinski definition) is 3. The average molecular weight is 301 g/mol. The van der Waals surface area contributed by atoms with Crippen LogP contribution in [0.2, 0.25) is 0 Å². The van der Waals surface area contributed by atoms with Crippen LogP contribution in [0.5, 0.6) is 0 Å². The molecule has 0 amide bonds. The maximum absolute atomic E-state index is 12.4.